The lowest BCUT2D eigenvalue weighted by molar-refractivity contribution is 0.206. The maximum Gasteiger partial charge on any atom is 0.317 e. The molecule has 2 aliphatic carbocycles. The normalized spacial score (nSPS) is 16.8. The van der Waals surface area contributed by atoms with E-state index in [1.165, 1.54) is 30.5 Å². The Balaban J connectivity index is 1.25. The second-order valence-corrected chi connectivity index (χ2v) is 7.35. The molecular weight excluding hydrogens is 332 g/mol. The Kier molecular flexibility index (Phi) is 4.90. The Hall–Kier alpha value is -2.38. The zero-order chi connectivity index (χ0) is 17.9. The smallest absolute Gasteiger partial charge is 0.317 e. The Morgan fingerprint density at radius 1 is 1.31 bits per heavy atom. The largest absolute Gasteiger partial charge is 0.339 e. The van der Waals surface area contributed by atoms with Crippen molar-refractivity contribution in [2.75, 3.05) is 13.6 Å². The van der Waals surface area contributed by atoms with E-state index in [9.17, 15) is 4.79 Å². The number of carbonyl (C=O) groups is 1. The molecule has 8 nitrogen and oxygen atoms in total. The topological polar surface area (TPSA) is 99.9 Å². The number of nitrogens with one attached hydrogen (secondary N) is 2. The van der Waals surface area contributed by atoms with Crippen LogP contribution in [0.1, 0.15) is 66.7 Å². The second-order valence-electron chi connectivity index (χ2n) is 7.35. The molecule has 2 N–H and O–H groups in total. The van der Waals surface area contributed by atoms with Gasteiger partial charge in [-0.15, -0.1) is 0 Å². The lowest BCUT2D eigenvalue weighted by Crippen LogP contribution is -2.38. The molecule has 2 aliphatic rings. The molecule has 4 rings (SSSR count). The molecule has 0 aromatic carbocycles. The maximum absolute atomic E-state index is 12.3. The maximum atomic E-state index is 12.3. The van der Waals surface area contributed by atoms with Gasteiger partial charge in [0.1, 0.15) is 0 Å². The number of amides is 2. The number of urea groups is 1. The van der Waals surface area contributed by atoms with E-state index < -0.39 is 0 Å². The molecular formula is C18H26N6O2. The Labute approximate surface area is 152 Å². The van der Waals surface area contributed by atoms with Crippen LogP contribution in [0.5, 0.6) is 0 Å². The Morgan fingerprint density at radius 2 is 2.15 bits per heavy atom. The van der Waals surface area contributed by atoms with E-state index in [0.717, 1.165) is 37.2 Å². The molecule has 2 aromatic rings. The van der Waals surface area contributed by atoms with Gasteiger partial charge in [0.2, 0.25) is 5.89 Å². The van der Waals surface area contributed by atoms with Crippen molar-refractivity contribution in [3.63, 3.8) is 0 Å². The SMILES string of the molecule is CN(Cc1n[nH]c2c1CCCCC2)C(=O)NCCc1nc(C2CC2)no1. The third-order valence-electron chi connectivity index (χ3n) is 5.17. The standard InChI is InChI=1S/C18H26N6O2/c1-24(11-15-13-5-3-2-4-6-14(13)21-22-15)18(25)19-10-9-16-20-17(23-26-16)12-7-8-12/h12H,2-11H2,1H3,(H,19,25)(H,21,22). The molecule has 8 heteroatoms. The van der Waals surface area contributed by atoms with Crippen LogP contribution in [-0.4, -0.2) is 44.9 Å². The van der Waals surface area contributed by atoms with Crippen molar-refractivity contribution in [3.05, 3.63) is 28.7 Å². The molecule has 0 saturated heterocycles. The molecule has 1 saturated carbocycles. The molecule has 2 amide bonds. The molecule has 0 radical (unpaired) electrons. The fourth-order valence-electron chi connectivity index (χ4n) is 3.44. The first-order chi connectivity index (χ1) is 12.7. The number of hydrogen-bond donors (Lipinski definition) is 2. The van der Waals surface area contributed by atoms with Gasteiger partial charge in [-0.3, -0.25) is 5.10 Å². The Bertz CT molecular complexity index is 764. The van der Waals surface area contributed by atoms with Gasteiger partial charge in [-0.05, 0) is 44.1 Å². The minimum atomic E-state index is -0.114. The minimum absolute atomic E-state index is 0.114. The first-order valence-electron chi connectivity index (χ1n) is 9.57. The third kappa shape index (κ3) is 3.89. The number of nitrogens with zero attached hydrogens (tertiary/aromatic N) is 4. The van der Waals surface area contributed by atoms with E-state index in [4.69, 9.17) is 4.52 Å². The van der Waals surface area contributed by atoms with Gasteiger partial charge in [0.25, 0.3) is 0 Å². The van der Waals surface area contributed by atoms with Crippen molar-refractivity contribution in [3.8, 4) is 0 Å². The molecule has 26 heavy (non-hydrogen) atoms. The fraction of sp³-hybridized carbons (Fsp3) is 0.667. The summed E-state index contributed by atoms with van der Waals surface area (Å²) in [5.41, 5.74) is 3.54. The highest BCUT2D eigenvalue weighted by atomic mass is 16.5. The van der Waals surface area contributed by atoms with Crippen molar-refractivity contribution in [2.24, 2.45) is 0 Å². The van der Waals surface area contributed by atoms with E-state index in [1.807, 2.05) is 0 Å². The zero-order valence-electron chi connectivity index (χ0n) is 15.3. The number of fused-ring (bicyclic) bond motifs is 1. The number of aryl methyl sites for hydroxylation is 1. The average Bonchev–Trinajstić information content (AvgIpc) is 3.34. The Morgan fingerprint density at radius 3 is 3.00 bits per heavy atom. The summed E-state index contributed by atoms with van der Waals surface area (Å²) in [6.07, 6.45) is 8.64. The molecule has 0 aliphatic heterocycles. The first kappa shape index (κ1) is 17.1. The van der Waals surface area contributed by atoms with Crippen LogP contribution >= 0.6 is 0 Å². The summed E-state index contributed by atoms with van der Waals surface area (Å²) < 4.78 is 5.23. The van der Waals surface area contributed by atoms with E-state index in [0.29, 0.717) is 31.3 Å². The van der Waals surface area contributed by atoms with Crippen LogP contribution in [0, 0.1) is 0 Å². The molecule has 0 unspecified atom stereocenters. The minimum Gasteiger partial charge on any atom is -0.339 e. The molecule has 0 spiro atoms. The number of aromatic nitrogens is 4. The summed E-state index contributed by atoms with van der Waals surface area (Å²) in [5, 5.41) is 14.5. The van der Waals surface area contributed by atoms with Gasteiger partial charge < -0.3 is 14.7 Å². The molecule has 1 fully saturated rings. The predicted octanol–water partition coefficient (Wildman–Crippen LogP) is 2.32. The number of carbonyl (C=O) groups excluding carboxylic acids is 1. The summed E-state index contributed by atoms with van der Waals surface area (Å²) in [7, 11) is 1.80. The van der Waals surface area contributed by atoms with Crippen LogP contribution in [-0.2, 0) is 25.8 Å². The summed E-state index contributed by atoms with van der Waals surface area (Å²) in [4.78, 5) is 18.4. The van der Waals surface area contributed by atoms with Gasteiger partial charge in [-0.25, -0.2) is 4.79 Å². The van der Waals surface area contributed by atoms with Crippen LogP contribution in [0.2, 0.25) is 0 Å². The lowest BCUT2D eigenvalue weighted by Gasteiger charge is -2.17. The lowest BCUT2D eigenvalue weighted by atomic mass is 10.1. The van der Waals surface area contributed by atoms with Gasteiger partial charge >= 0.3 is 6.03 Å². The van der Waals surface area contributed by atoms with Crippen LogP contribution in [0.4, 0.5) is 4.79 Å². The van der Waals surface area contributed by atoms with Gasteiger partial charge in [-0.2, -0.15) is 10.1 Å². The van der Waals surface area contributed by atoms with Crippen molar-refractivity contribution in [1.29, 1.82) is 0 Å². The van der Waals surface area contributed by atoms with E-state index in [-0.39, 0.29) is 6.03 Å². The van der Waals surface area contributed by atoms with E-state index in [2.05, 4.69) is 25.7 Å². The van der Waals surface area contributed by atoms with Crippen molar-refractivity contribution in [2.45, 2.75) is 63.8 Å². The monoisotopic (exact) mass is 358 g/mol. The van der Waals surface area contributed by atoms with Gasteiger partial charge in [0.15, 0.2) is 5.82 Å². The van der Waals surface area contributed by atoms with Crippen molar-refractivity contribution in [1.82, 2.24) is 30.6 Å². The summed E-state index contributed by atoms with van der Waals surface area (Å²) in [6, 6.07) is -0.114. The number of aromatic amines is 1. The number of rotatable bonds is 6. The fourth-order valence-corrected chi connectivity index (χ4v) is 3.44. The molecule has 0 bridgehead atoms. The second kappa shape index (κ2) is 7.47. The number of H-pyrrole nitrogens is 1. The molecule has 2 aromatic heterocycles. The predicted molar refractivity (Wildman–Crippen MR) is 94.7 cm³/mol. The van der Waals surface area contributed by atoms with Crippen LogP contribution in [0.3, 0.4) is 0 Å². The van der Waals surface area contributed by atoms with E-state index in [1.54, 1.807) is 11.9 Å². The van der Waals surface area contributed by atoms with E-state index >= 15 is 0 Å². The van der Waals surface area contributed by atoms with Crippen molar-refractivity contribution >= 4 is 6.03 Å². The molecule has 0 atom stereocenters. The molecule has 2 heterocycles. The van der Waals surface area contributed by atoms with Crippen LogP contribution in [0.25, 0.3) is 0 Å². The quantitative estimate of drug-likeness (QED) is 0.772. The van der Waals surface area contributed by atoms with Gasteiger partial charge in [0, 0.05) is 31.6 Å². The summed E-state index contributed by atoms with van der Waals surface area (Å²) >= 11 is 0. The van der Waals surface area contributed by atoms with Crippen molar-refractivity contribution < 1.29 is 9.32 Å². The first-order valence-corrected chi connectivity index (χ1v) is 9.57. The van der Waals surface area contributed by atoms with Gasteiger partial charge in [0.05, 0.1) is 12.2 Å². The highest BCUT2D eigenvalue weighted by Crippen LogP contribution is 2.38. The summed E-state index contributed by atoms with van der Waals surface area (Å²) in [5.74, 6) is 1.88. The van der Waals surface area contributed by atoms with Crippen LogP contribution < -0.4 is 5.32 Å². The van der Waals surface area contributed by atoms with Crippen LogP contribution in [0.15, 0.2) is 4.52 Å². The highest BCUT2D eigenvalue weighted by Gasteiger charge is 2.28. The summed E-state index contributed by atoms with van der Waals surface area (Å²) in [6.45, 7) is 0.998. The molecule has 140 valence electrons. The number of hydrogen-bond acceptors (Lipinski definition) is 5. The highest BCUT2D eigenvalue weighted by molar-refractivity contribution is 5.73. The zero-order valence-corrected chi connectivity index (χ0v) is 15.3. The third-order valence-corrected chi connectivity index (χ3v) is 5.17. The van der Waals surface area contributed by atoms with Gasteiger partial charge in [-0.1, -0.05) is 11.6 Å². The average molecular weight is 358 g/mol.